The molecule has 8 heteroatoms. The van der Waals surface area contributed by atoms with Crippen molar-refractivity contribution in [1.29, 1.82) is 0 Å². The Labute approximate surface area is 115 Å². The van der Waals surface area contributed by atoms with E-state index < -0.39 is 23.3 Å². The summed E-state index contributed by atoms with van der Waals surface area (Å²) in [5.74, 6) is 3.71. The van der Waals surface area contributed by atoms with Crippen molar-refractivity contribution in [2.24, 2.45) is 5.84 Å². The zero-order valence-corrected chi connectivity index (χ0v) is 11.1. The van der Waals surface area contributed by atoms with Gasteiger partial charge in [-0.3, -0.25) is 25.5 Å². The highest BCUT2D eigenvalue weighted by Gasteiger charge is 2.44. The molecule has 0 atom stereocenters. The quantitative estimate of drug-likeness (QED) is 0.372. The molecule has 1 fully saturated rings. The number of amides is 3. The van der Waals surface area contributed by atoms with Crippen LogP contribution in [0.15, 0.2) is 18.3 Å². The summed E-state index contributed by atoms with van der Waals surface area (Å²) in [6.07, 6.45) is 1.39. The Morgan fingerprint density at radius 1 is 1.45 bits per heavy atom. The predicted molar refractivity (Wildman–Crippen MR) is 70.3 cm³/mol. The number of nitrogens with two attached hydrogens (primary N) is 1. The topological polar surface area (TPSA) is 117 Å². The van der Waals surface area contributed by atoms with Crippen molar-refractivity contribution in [3.05, 3.63) is 24.0 Å². The van der Waals surface area contributed by atoms with Gasteiger partial charge in [0.25, 0.3) is 11.8 Å². The Balaban J connectivity index is 2.30. The number of imide groups is 1. The summed E-state index contributed by atoms with van der Waals surface area (Å²) in [4.78, 5) is 40.8. The number of nitrogen functional groups attached to an aromatic ring is 1. The lowest BCUT2D eigenvalue weighted by Crippen LogP contribution is -2.65. The van der Waals surface area contributed by atoms with Gasteiger partial charge in [0, 0.05) is 0 Å². The van der Waals surface area contributed by atoms with E-state index in [1.165, 1.54) is 17.2 Å². The highest BCUT2D eigenvalue weighted by atomic mass is 16.2. The van der Waals surface area contributed by atoms with Gasteiger partial charge in [0.05, 0.1) is 11.9 Å². The lowest BCUT2D eigenvalue weighted by Gasteiger charge is -2.39. The number of anilines is 1. The number of piperazine rings is 1. The summed E-state index contributed by atoms with van der Waals surface area (Å²) in [7, 11) is 0. The molecular weight excluding hydrogens is 262 g/mol. The molecule has 2 heterocycles. The molecule has 0 aromatic carbocycles. The number of pyridine rings is 1. The highest BCUT2D eigenvalue weighted by molar-refractivity contribution is 6.08. The van der Waals surface area contributed by atoms with Gasteiger partial charge in [-0.2, -0.15) is 0 Å². The van der Waals surface area contributed by atoms with E-state index in [0.717, 1.165) is 0 Å². The fraction of sp³-hybridized carbons (Fsp3) is 0.333. The first-order valence-electron chi connectivity index (χ1n) is 5.95. The maximum absolute atomic E-state index is 12.4. The number of nitrogens with zero attached hydrogens (tertiary/aromatic N) is 2. The van der Waals surface area contributed by atoms with E-state index in [1.807, 2.05) is 0 Å². The number of aromatic nitrogens is 1. The third-order valence-corrected chi connectivity index (χ3v) is 3.18. The van der Waals surface area contributed by atoms with E-state index in [0.29, 0.717) is 5.69 Å². The zero-order chi connectivity index (χ0) is 14.9. The second-order valence-electron chi connectivity index (χ2n) is 4.90. The fourth-order valence-electron chi connectivity index (χ4n) is 1.85. The summed E-state index contributed by atoms with van der Waals surface area (Å²) in [6, 6.07) is 3.06. The molecule has 0 aliphatic carbocycles. The summed E-state index contributed by atoms with van der Waals surface area (Å²) >= 11 is 0. The van der Waals surface area contributed by atoms with E-state index in [1.54, 1.807) is 19.9 Å². The smallest absolute Gasteiger partial charge is 0.273 e. The van der Waals surface area contributed by atoms with Crippen LogP contribution in [0, 0.1) is 0 Å². The molecule has 0 radical (unpaired) electrons. The van der Waals surface area contributed by atoms with E-state index in [9.17, 15) is 14.4 Å². The van der Waals surface area contributed by atoms with Crippen molar-refractivity contribution in [2.75, 3.05) is 12.0 Å². The summed E-state index contributed by atoms with van der Waals surface area (Å²) in [6.45, 7) is 2.96. The van der Waals surface area contributed by atoms with Crippen LogP contribution >= 0.6 is 0 Å². The molecule has 1 aromatic rings. The molecule has 4 N–H and O–H groups in total. The minimum atomic E-state index is -1.11. The highest BCUT2D eigenvalue weighted by Crippen LogP contribution is 2.20. The van der Waals surface area contributed by atoms with E-state index in [-0.39, 0.29) is 12.2 Å². The number of carbonyl (C=O) groups is 3. The van der Waals surface area contributed by atoms with Gasteiger partial charge >= 0.3 is 0 Å². The molecule has 0 saturated carbocycles. The van der Waals surface area contributed by atoms with Crippen LogP contribution in [-0.2, 0) is 9.59 Å². The minimum absolute atomic E-state index is 0.138. The van der Waals surface area contributed by atoms with Crippen LogP contribution in [0.25, 0.3) is 0 Å². The van der Waals surface area contributed by atoms with Crippen LogP contribution in [-0.4, -0.2) is 39.7 Å². The largest absolute Gasteiger partial charge is 0.323 e. The maximum atomic E-state index is 12.4. The first kappa shape index (κ1) is 13.9. The summed E-state index contributed by atoms with van der Waals surface area (Å²) in [5.41, 5.74) is 1.97. The Morgan fingerprint density at radius 2 is 2.15 bits per heavy atom. The van der Waals surface area contributed by atoms with Gasteiger partial charge in [0.15, 0.2) is 0 Å². The van der Waals surface area contributed by atoms with Gasteiger partial charge in [-0.05, 0) is 26.0 Å². The van der Waals surface area contributed by atoms with Gasteiger partial charge in [0.1, 0.15) is 17.8 Å². The SMILES string of the molecule is CC1(C)C(=O)NC(=O)CN1C(=O)c1ccc(NN)cn1. The van der Waals surface area contributed by atoms with Crippen molar-refractivity contribution in [3.8, 4) is 0 Å². The van der Waals surface area contributed by atoms with Gasteiger partial charge in [-0.25, -0.2) is 4.98 Å². The lowest BCUT2D eigenvalue weighted by molar-refractivity contribution is -0.143. The van der Waals surface area contributed by atoms with Crippen molar-refractivity contribution < 1.29 is 14.4 Å². The average molecular weight is 277 g/mol. The van der Waals surface area contributed by atoms with Gasteiger partial charge in [-0.15, -0.1) is 0 Å². The maximum Gasteiger partial charge on any atom is 0.273 e. The lowest BCUT2D eigenvalue weighted by atomic mass is 9.98. The fourth-order valence-corrected chi connectivity index (χ4v) is 1.85. The number of rotatable bonds is 2. The van der Waals surface area contributed by atoms with Crippen LogP contribution in [0.4, 0.5) is 5.69 Å². The normalized spacial score (nSPS) is 17.6. The van der Waals surface area contributed by atoms with E-state index in [2.05, 4.69) is 15.7 Å². The molecule has 2 rings (SSSR count). The predicted octanol–water partition coefficient (Wildman–Crippen LogP) is -0.756. The molecule has 0 spiro atoms. The van der Waals surface area contributed by atoms with Gasteiger partial charge in [-0.1, -0.05) is 0 Å². The Kier molecular flexibility index (Phi) is 3.41. The summed E-state index contributed by atoms with van der Waals surface area (Å²) in [5, 5.41) is 2.21. The number of hydrazine groups is 1. The van der Waals surface area contributed by atoms with Crippen LogP contribution in [0.3, 0.4) is 0 Å². The molecule has 3 amide bonds. The molecule has 1 aliphatic heterocycles. The second-order valence-corrected chi connectivity index (χ2v) is 4.90. The molecule has 1 aromatic heterocycles. The molecular formula is C12H15N5O3. The van der Waals surface area contributed by atoms with Crippen LogP contribution < -0.4 is 16.6 Å². The second kappa shape index (κ2) is 4.89. The first-order valence-corrected chi connectivity index (χ1v) is 5.95. The van der Waals surface area contributed by atoms with Crippen LogP contribution in [0.2, 0.25) is 0 Å². The van der Waals surface area contributed by atoms with Crippen LogP contribution in [0.1, 0.15) is 24.3 Å². The van der Waals surface area contributed by atoms with Crippen molar-refractivity contribution in [2.45, 2.75) is 19.4 Å². The van der Waals surface area contributed by atoms with Crippen molar-refractivity contribution in [1.82, 2.24) is 15.2 Å². The monoisotopic (exact) mass is 277 g/mol. The van der Waals surface area contributed by atoms with E-state index in [4.69, 9.17) is 5.84 Å². The van der Waals surface area contributed by atoms with Crippen molar-refractivity contribution >= 4 is 23.4 Å². The molecule has 8 nitrogen and oxygen atoms in total. The Morgan fingerprint density at radius 3 is 2.70 bits per heavy atom. The molecule has 1 aliphatic rings. The third kappa shape index (κ3) is 2.32. The van der Waals surface area contributed by atoms with Crippen LogP contribution in [0.5, 0.6) is 0 Å². The minimum Gasteiger partial charge on any atom is -0.323 e. The third-order valence-electron chi connectivity index (χ3n) is 3.18. The molecule has 20 heavy (non-hydrogen) atoms. The zero-order valence-electron chi connectivity index (χ0n) is 11.1. The number of carbonyl (C=O) groups excluding carboxylic acids is 3. The first-order chi connectivity index (χ1) is 9.36. The Bertz CT molecular complexity index is 567. The van der Waals surface area contributed by atoms with Crippen molar-refractivity contribution in [3.63, 3.8) is 0 Å². The molecule has 0 bridgehead atoms. The molecule has 0 unspecified atom stereocenters. The van der Waals surface area contributed by atoms with Gasteiger partial charge in [0.2, 0.25) is 5.91 Å². The average Bonchev–Trinajstić information content (AvgIpc) is 2.42. The number of hydrogen-bond acceptors (Lipinski definition) is 6. The Hall–Kier alpha value is -2.48. The standard InChI is InChI=1S/C12H15N5O3/c1-12(2)11(20)15-9(18)6-17(12)10(19)8-4-3-7(16-13)5-14-8/h3-5,16H,6,13H2,1-2H3,(H,15,18,20). The molecule has 106 valence electrons. The number of nitrogens with one attached hydrogen (secondary N) is 2. The molecule has 1 saturated heterocycles. The van der Waals surface area contributed by atoms with Gasteiger partial charge < -0.3 is 10.3 Å². The van der Waals surface area contributed by atoms with E-state index >= 15 is 0 Å². The number of hydrogen-bond donors (Lipinski definition) is 3. The summed E-state index contributed by atoms with van der Waals surface area (Å²) < 4.78 is 0.